The Balaban J connectivity index is 2.42. The number of halogens is 1. The Labute approximate surface area is 124 Å². The highest BCUT2D eigenvalue weighted by Crippen LogP contribution is 2.22. The zero-order valence-corrected chi connectivity index (χ0v) is 12.9. The zero-order valence-electron chi connectivity index (χ0n) is 11.4. The lowest BCUT2D eigenvalue weighted by molar-refractivity contribution is -0.119. The topological polar surface area (TPSA) is 55.1 Å². The summed E-state index contributed by atoms with van der Waals surface area (Å²) in [4.78, 5) is 11.8. The average Bonchev–Trinajstić information content (AvgIpc) is 2.37. The molecule has 19 heavy (non-hydrogen) atoms. The van der Waals surface area contributed by atoms with Crippen LogP contribution in [0, 0.1) is 0 Å². The molecule has 0 aliphatic heterocycles. The van der Waals surface area contributed by atoms with E-state index in [1.54, 1.807) is 11.8 Å². The van der Waals surface area contributed by atoms with Gasteiger partial charge in [-0.2, -0.15) is 0 Å². The van der Waals surface area contributed by atoms with E-state index in [9.17, 15) is 4.79 Å². The van der Waals surface area contributed by atoms with Gasteiger partial charge in [-0.3, -0.25) is 4.79 Å². The minimum Gasteiger partial charge on any atom is -0.349 e. The lowest BCUT2D eigenvalue weighted by Gasteiger charge is -2.16. The molecule has 0 spiro atoms. The number of hydrogen-bond acceptors (Lipinski definition) is 3. The van der Waals surface area contributed by atoms with Crippen molar-refractivity contribution in [2.45, 2.75) is 31.6 Å². The van der Waals surface area contributed by atoms with Crippen LogP contribution in [0.1, 0.15) is 31.9 Å². The number of carbonyl (C=O) groups excluding carboxylic acids is 1. The molecule has 0 fully saturated rings. The molecule has 0 aliphatic rings. The highest BCUT2D eigenvalue weighted by molar-refractivity contribution is 8.00. The first-order valence-corrected chi connectivity index (χ1v) is 7.82. The summed E-state index contributed by atoms with van der Waals surface area (Å²) < 4.78 is 0. The number of rotatable bonds is 7. The molecule has 2 atom stereocenters. The largest absolute Gasteiger partial charge is 0.349 e. The van der Waals surface area contributed by atoms with E-state index < -0.39 is 0 Å². The van der Waals surface area contributed by atoms with E-state index in [1.807, 2.05) is 31.2 Å². The maximum Gasteiger partial charge on any atom is 0.230 e. The predicted octanol–water partition coefficient (Wildman–Crippen LogP) is 2.99. The fourth-order valence-electron chi connectivity index (χ4n) is 1.72. The van der Waals surface area contributed by atoms with Crippen molar-refractivity contribution in [3.05, 3.63) is 34.9 Å². The Morgan fingerprint density at radius 2 is 2.11 bits per heavy atom. The second kappa shape index (κ2) is 8.46. The summed E-state index contributed by atoms with van der Waals surface area (Å²) in [5, 5.41) is 4.05. The van der Waals surface area contributed by atoms with Crippen molar-refractivity contribution in [2.75, 3.05) is 12.3 Å². The quantitative estimate of drug-likeness (QED) is 0.814. The molecule has 1 aromatic carbocycles. The van der Waals surface area contributed by atoms with Crippen molar-refractivity contribution in [1.82, 2.24) is 5.32 Å². The lowest BCUT2D eigenvalue weighted by Crippen LogP contribution is -2.29. The number of thioether (sulfide) groups is 1. The summed E-state index contributed by atoms with van der Waals surface area (Å²) in [6.07, 6.45) is 0.929. The van der Waals surface area contributed by atoms with Crippen LogP contribution in [0.15, 0.2) is 24.3 Å². The molecule has 106 valence electrons. The monoisotopic (exact) mass is 300 g/mol. The van der Waals surface area contributed by atoms with Gasteiger partial charge in [0.25, 0.3) is 0 Å². The fourth-order valence-corrected chi connectivity index (χ4v) is 2.84. The summed E-state index contributed by atoms with van der Waals surface area (Å²) in [6.45, 7) is 4.68. The minimum atomic E-state index is -0.0772. The summed E-state index contributed by atoms with van der Waals surface area (Å²) in [5.41, 5.74) is 6.42. The van der Waals surface area contributed by atoms with E-state index in [1.165, 1.54) is 0 Å². The van der Waals surface area contributed by atoms with E-state index in [4.69, 9.17) is 17.3 Å². The van der Waals surface area contributed by atoms with Crippen molar-refractivity contribution in [3.8, 4) is 0 Å². The van der Waals surface area contributed by atoms with Gasteiger partial charge in [0.15, 0.2) is 0 Å². The normalized spacial score (nSPS) is 13.9. The third-order valence-corrected chi connectivity index (χ3v) is 4.40. The molecule has 0 saturated carbocycles. The zero-order chi connectivity index (χ0) is 14.3. The molecule has 0 bridgehead atoms. The molecule has 1 amide bonds. The van der Waals surface area contributed by atoms with Gasteiger partial charge < -0.3 is 11.1 Å². The van der Waals surface area contributed by atoms with Crippen molar-refractivity contribution < 1.29 is 4.79 Å². The van der Waals surface area contributed by atoms with Crippen molar-refractivity contribution >= 4 is 29.3 Å². The smallest absolute Gasteiger partial charge is 0.230 e. The van der Waals surface area contributed by atoms with Crippen LogP contribution in [0.2, 0.25) is 5.02 Å². The number of carbonyl (C=O) groups is 1. The van der Waals surface area contributed by atoms with E-state index in [2.05, 4.69) is 12.2 Å². The number of nitrogens with two attached hydrogens (primary N) is 1. The molecular formula is C14H21ClN2OS. The molecule has 1 rings (SSSR count). The second-order valence-corrected chi connectivity index (χ2v) is 6.34. The van der Waals surface area contributed by atoms with Gasteiger partial charge in [-0.25, -0.2) is 0 Å². The molecule has 5 heteroatoms. The lowest BCUT2D eigenvalue weighted by atomic mass is 10.1. The van der Waals surface area contributed by atoms with E-state index in [-0.39, 0.29) is 11.9 Å². The molecule has 2 unspecified atom stereocenters. The average molecular weight is 301 g/mol. The molecule has 0 aliphatic carbocycles. The first-order valence-electron chi connectivity index (χ1n) is 6.40. The molecule has 0 heterocycles. The van der Waals surface area contributed by atoms with E-state index >= 15 is 0 Å². The summed E-state index contributed by atoms with van der Waals surface area (Å²) >= 11 is 7.73. The van der Waals surface area contributed by atoms with Crippen LogP contribution in [0.4, 0.5) is 0 Å². The first kappa shape index (κ1) is 16.3. The van der Waals surface area contributed by atoms with Gasteiger partial charge in [-0.05, 0) is 31.5 Å². The van der Waals surface area contributed by atoms with Gasteiger partial charge in [0, 0.05) is 10.3 Å². The highest BCUT2D eigenvalue weighted by Gasteiger charge is 2.13. The Morgan fingerprint density at radius 1 is 1.42 bits per heavy atom. The van der Waals surface area contributed by atoms with E-state index in [0.717, 1.165) is 12.0 Å². The SMILES string of the molecule is CC(CCN)SCC(=O)NC(C)c1ccccc1Cl. The van der Waals surface area contributed by atoms with Gasteiger partial charge in [0.1, 0.15) is 0 Å². The van der Waals surface area contributed by atoms with Crippen LogP contribution in [0.3, 0.4) is 0 Å². The molecule has 3 N–H and O–H groups in total. The number of amides is 1. The van der Waals surface area contributed by atoms with Crippen molar-refractivity contribution in [1.29, 1.82) is 0 Å². The second-order valence-electron chi connectivity index (χ2n) is 4.51. The number of nitrogens with one attached hydrogen (secondary N) is 1. The summed E-state index contributed by atoms with van der Waals surface area (Å²) in [7, 11) is 0. The van der Waals surface area contributed by atoms with Crippen LogP contribution < -0.4 is 11.1 Å². The van der Waals surface area contributed by atoms with Gasteiger partial charge in [0.05, 0.1) is 11.8 Å². The fraction of sp³-hybridized carbons (Fsp3) is 0.500. The maximum atomic E-state index is 11.8. The minimum absolute atomic E-state index is 0.0290. The number of benzene rings is 1. The van der Waals surface area contributed by atoms with Crippen molar-refractivity contribution in [3.63, 3.8) is 0 Å². The molecule has 0 radical (unpaired) electrons. The van der Waals surface area contributed by atoms with Crippen LogP contribution >= 0.6 is 23.4 Å². The summed E-state index contributed by atoms with van der Waals surface area (Å²) in [6, 6.07) is 7.48. The predicted molar refractivity (Wildman–Crippen MR) is 83.6 cm³/mol. The molecule has 0 saturated heterocycles. The van der Waals surface area contributed by atoms with Crippen molar-refractivity contribution in [2.24, 2.45) is 5.73 Å². The van der Waals surface area contributed by atoms with Crippen LogP contribution in [0.5, 0.6) is 0 Å². The van der Waals surface area contributed by atoms with Crippen LogP contribution in [0.25, 0.3) is 0 Å². The molecule has 1 aromatic rings. The van der Waals surface area contributed by atoms with E-state index in [0.29, 0.717) is 22.6 Å². The Hall–Kier alpha value is -0.710. The summed E-state index contributed by atoms with van der Waals surface area (Å²) in [5.74, 6) is 0.483. The molecular weight excluding hydrogens is 280 g/mol. The third-order valence-electron chi connectivity index (χ3n) is 2.82. The highest BCUT2D eigenvalue weighted by atomic mass is 35.5. The van der Waals surface area contributed by atoms with Crippen LogP contribution in [-0.2, 0) is 4.79 Å². The standard InChI is InChI=1S/C14H21ClN2OS/c1-10(7-8-16)19-9-14(18)17-11(2)12-5-3-4-6-13(12)15/h3-6,10-11H,7-9,16H2,1-2H3,(H,17,18). The Morgan fingerprint density at radius 3 is 2.74 bits per heavy atom. The van der Waals surface area contributed by atoms with Gasteiger partial charge in [0.2, 0.25) is 5.91 Å². The Bertz CT molecular complexity index is 414. The Kier molecular flexibility index (Phi) is 7.28. The van der Waals surface area contributed by atoms with Crippen LogP contribution in [-0.4, -0.2) is 23.5 Å². The number of hydrogen-bond donors (Lipinski definition) is 2. The van der Waals surface area contributed by atoms with Gasteiger partial charge >= 0.3 is 0 Å². The first-order chi connectivity index (χ1) is 9.04. The maximum absolute atomic E-state index is 11.8. The molecule has 0 aromatic heterocycles. The third kappa shape index (κ3) is 5.85. The van der Waals surface area contributed by atoms with Gasteiger partial charge in [-0.15, -0.1) is 11.8 Å². The molecule has 3 nitrogen and oxygen atoms in total. The van der Waals surface area contributed by atoms with Gasteiger partial charge in [-0.1, -0.05) is 36.7 Å².